The van der Waals surface area contributed by atoms with Crippen LogP contribution in [0.2, 0.25) is 0 Å². The minimum atomic E-state index is -4.19. The highest BCUT2D eigenvalue weighted by atomic mass is 32.2. The lowest BCUT2D eigenvalue weighted by Gasteiger charge is -2.38. The third kappa shape index (κ3) is 2.50. The highest BCUT2D eigenvalue weighted by Gasteiger charge is 2.55. The molecule has 152 valence electrons. The third-order valence-corrected chi connectivity index (χ3v) is 8.64. The number of hydrogen-bond donors (Lipinski definition) is 1. The maximum absolute atomic E-state index is 12.5. The minimum Gasteiger partial charge on any atom is -0.493 e. The van der Waals surface area contributed by atoms with Crippen LogP contribution in [0.1, 0.15) is 30.4 Å². The first-order valence-corrected chi connectivity index (χ1v) is 11.2. The second-order valence-corrected chi connectivity index (χ2v) is 9.88. The van der Waals surface area contributed by atoms with Crippen molar-refractivity contribution < 1.29 is 22.4 Å². The van der Waals surface area contributed by atoms with E-state index in [0.717, 1.165) is 45.6 Å². The summed E-state index contributed by atoms with van der Waals surface area (Å²) < 4.78 is 45.2. The van der Waals surface area contributed by atoms with Gasteiger partial charge in [-0.2, -0.15) is 8.42 Å². The molecule has 2 aromatic carbocycles. The van der Waals surface area contributed by atoms with Gasteiger partial charge in [0.05, 0.1) is 19.7 Å². The summed E-state index contributed by atoms with van der Waals surface area (Å²) in [5, 5.41) is 2.90. The number of nitrogens with zero attached hydrogens (tertiary/aromatic N) is 1. The number of aromatic nitrogens is 1. The van der Waals surface area contributed by atoms with Crippen molar-refractivity contribution in [2.24, 2.45) is 5.92 Å². The van der Waals surface area contributed by atoms with Crippen LogP contribution in [0.4, 0.5) is 0 Å². The normalized spacial score (nSPS) is 23.8. The molecular weight excluding hydrogens is 390 g/mol. The predicted molar refractivity (Wildman–Crippen MR) is 111 cm³/mol. The second kappa shape index (κ2) is 6.31. The van der Waals surface area contributed by atoms with Crippen LogP contribution in [0, 0.1) is 5.92 Å². The Labute approximate surface area is 169 Å². The fourth-order valence-corrected chi connectivity index (χ4v) is 6.91. The van der Waals surface area contributed by atoms with Crippen molar-refractivity contribution in [3.8, 4) is 11.5 Å². The number of benzene rings is 2. The second-order valence-electron chi connectivity index (χ2n) is 8.12. The molecule has 2 aliphatic rings. The van der Waals surface area contributed by atoms with Crippen molar-refractivity contribution in [2.75, 3.05) is 14.2 Å². The van der Waals surface area contributed by atoms with Crippen LogP contribution in [0.15, 0.2) is 30.5 Å². The SMILES string of the molecule is COc1cc2c3c(c4ncccc4c2cc1OC)CC1CCCC1(S(=O)(=O)O)C3. The summed E-state index contributed by atoms with van der Waals surface area (Å²) >= 11 is 0. The number of hydrogen-bond acceptors (Lipinski definition) is 5. The van der Waals surface area contributed by atoms with Gasteiger partial charge in [0, 0.05) is 11.6 Å². The molecule has 0 aliphatic heterocycles. The molecule has 2 unspecified atom stereocenters. The molecule has 1 N–H and O–H groups in total. The molecule has 3 aromatic rings. The molecule has 1 fully saturated rings. The maximum Gasteiger partial charge on any atom is 0.271 e. The zero-order valence-corrected chi connectivity index (χ0v) is 17.3. The summed E-state index contributed by atoms with van der Waals surface area (Å²) in [6.07, 6.45) is 4.77. The Morgan fingerprint density at radius 3 is 2.52 bits per heavy atom. The number of pyridine rings is 1. The summed E-state index contributed by atoms with van der Waals surface area (Å²) in [5.41, 5.74) is 2.94. The van der Waals surface area contributed by atoms with Crippen molar-refractivity contribution in [3.63, 3.8) is 0 Å². The average Bonchev–Trinajstić information content (AvgIpc) is 3.16. The maximum atomic E-state index is 12.5. The van der Waals surface area contributed by atoms with E-state index >= 15 is 0 Å². The van der Waals surface area contributed by atoms with E-state index in [-0.39, 0.29) is 5.92 Å². The number of methoxy groups -OCH3 is 2. The Morgan fingerprint density at radius 2 is 1.83 bits per heavy atom. The van der Waals surface area contributed by atoms with Crippen molar-refractivity contribution in [2.45, 2.75) is 36.9 Å². The highest BCUT2D eigenvalue weighted by Crippen LogP contribution is 2.52. The fourth-order valence-electron chi connectivity index (χ4n) is 5.55. The Hall–Kier alpha value is -2.38. The van der Waals surface area contributed by atoms with E-state index in [1.165, 1.54) is 0 Å². The number of ether oxygens (including phenoxy) is 2. The molecule has 0 saturated heterocycles. The summed E-state index contributed by atoms with van der Waals surface area (Å²) in [4.78, 5) is 4.66. The molecule has 0 radical (unpaired) electrons. The first kappa shape index (κ1) is 18.6. The first-order valence-electron chi connectivity index (χ1n) is 9.81. The Bertz CT molecular complexity index is 1250. The lowest BCUT2D eigenvalue weighted by Crippen LogP contribution is -2.47. The zero-order valence-electron chi connectivity index (χ0n) is 16.4. The van der Waals surface area contributed by atoms with Gasteiger partial charge in [-0.1, -0.05) is 12.5 Å². The van der Waals surface area contributed by atoms with Crippen LogP contribution in [0.3, 0.4) is 0 Å². The van der Waals surface area contributed by atoms with Gasteiger partial charge in [-0.15, -0.1) is 0 Å². The van der Waals surface area contributed by atoms with Crippen LogP contribution < -0.4 is 9.47 Å². The monoisotopic (exact) mass is 413 g/mol. The molecule has 0 amide bonds. The van der Waals surface area contributed by atoms with Gasteiger partial charge in [0.25, 0.3) is 10.1 Å². The van der Waals surface area contributed by atoms with Crippen molar-refractivity contribution in [3.05, 3.63) is 41.6 Å². The first-order chi connectivity index (χ1) is 13.9. The minimum absolute atomic E-state index is 0.0900. The molecule has 2 aliphatic carbocycles. The van der Waals surface area contributed by atoms with E-state index in [1.54, 1.807) is 20.4 Å². The van der Waals surface area contributed by atoms with E-state index < -0.39 is 14.9 Å². The van der Waals surface area contributed by atoms with Gasteiger partial charge < -0.3 is 9.47 Å². The Kier molecular flexibility index (Phi) is 4.05. The number of rotatable bonds is 3. The molecule has 1 aromatic heterocycles. The Balaban J connectivity index is 1.90. The smallest absolute Gasteiger partial charge is 0.271 e. The molecule has 1 saturated carbocycles. The van der Waals surface area contributed by atoms with Gasteiger partial charge >= 0.3 is 0 Å². The lowest BCUT2D eigenvalue weighted by molar-refractivity contribution is 0.340. The van der Waals surface area contributed by atoms with Gasteiger partial charge in [-0.25, -0.2) is 0 Å². The highest BCUT2D eigenvalue weighted by molar-refractivity contribution is 7.87. The van der Waals surface area contributed by atoms with Crippen LogP contribution >= 0.6 is 0 Å². The fraction of sp³-hybridized carbons (Fsp3) is 0.409. The van der Waals surface area contributed by atoms with Crippen LogP contribution in [0.25, 0.3) is 21.7 Å². The van der Waals surface area contributed by atoms with Gasteiger partial charge in [0.1, 0.15) is 4.75 Å². The molecule has 6 nitrogen and oxygen atoms in total. The van der Waals surface area contributed by atoms with Gasteiger partial charge in [0.15, 0.2) is 11.5 Å². The van der Waals surface area contributed by atoms with Gasteiger partial charge in [-0.3, -0.25) is 9.54 Å². The van der Waals surface area contributed by atoms with Crippen LogP contribution in [-0.4, -0.2) is 36.9 Å². The molecule has 29 heavy (non-hydrogen) atoms. The van der Waals surface area contributed by atoms with Crippen molar-refractivity contribution >= 4 is 31.8 Å². The average molecular weight is 413 g/mol. The lowest BCUT2D eigenvalue weighted by atomic mass is 9.74. The summed E-state index contributed by atoms with van der Waals surface area (Å²) in [6, 6.07) is 7.80. The molecule has 0 bridgehead atoms. The van der Waals surface area contributed by atoms with Gasteiger partial charge in [0.2, 0.25) is 0 Å². The topological polar surface area (TPSA) is 85.7 Å². The molecular formula is C22H23NO5S. The largest absolute Gasteiger partial charge is 0.493 e. The molecule has 2 atom stereocenters. The molecule has 1 heterocycles. The summed E-state index contributed by atoms with van der Waals surface area (Å²) in [6.45, 7) is 0. The predicted octanol–water partition coefficient (Wildman–Crippen LogP) is 3.93. The van der Waals surface area contributed by atoms with Crippen LogP contribution in [-0.2, 0) is 23.0 Å². The summed E-state index contributed by atoms with van der Waals surface area (Å²) in [5.74, 6) is 1.12. The molecule has 0 spiro atoms. The van der Waals surface area contributed by atoms with E-state index in [0.29, 0.717) is 30.8 Å². The van der Waals surface area contributed by atoms with E-state index in [1.807, 2.05) is 24.3 Å². The summed E-state index contributed by atoms with van der Waals surface area (Å²) in [7, 11) is -1.01. The number of fused-ring (bicyclic) bond motifs is 7. The van der Waals surface area contributed by atoms with Crippen molar-refractivity contribution in [1.29, 1.82) is 0 Å². The van der Waals surface area contributed by atoms with E-state index in [4.69, 9.17) is 9.47 Å². The molecule has 5 rings (SSSR count). The third-order valence-electron chi connectivity index (χ3n) is 6.93. The van der Waals surface area contributed by atoms with Gasteiger partial charge in [-0.05, 0) is 71.7 Å². The standard InChI is InChI=1S/C22H23NO5S/c1-27-19-10-15-14-6-4-8-23-21(14)17-9-13-5-3-7-22(13,29(24,25)26)12-18(17)16(15)11-20(19)28-2/h4,6,8,10-11,13H,3,5,7,9,12H2,1-2H3,(H,24,25,26). The zero-order chi connectivity index (χ0) is 20.4. The van der Waals surface area contributed by atoms with Crippen LogP contribution in [0.5, 0.6) is 11.5 Å². The van der Waals surface area contributed by atoms with Crippen molar-refractivity contribution in [1.82, 2.24) is 4.98 Å². The molecule has 7 heteroatoms. The van der Waals surface area contributed by atoms with E-state index in [2.05, 4.69) is 4.98 Å². The Morgan fingerprint density at radius 1 is 1.10 bits per heavy atom. The quantitative estimate of drug-likeness (QED) is 0.517. The van der Waals surface area contributed by atoms with E-state index in [9.17, 15) is 13.0 Å².